The molecule has 1 rings (SSSR count). The van der Waals surface area contributed by atoms with Crippen molar-refractivity contribution in [3.8, 4) is 0 Å². The van der Waals surface area contributed by atoms with Gasteiger partial charge < -0.3 is 10.6 Å². The first-order chi connectivity index (χ1) is 6.97. The van der Waals surface area contributed by atoms with Crippen molar-refractivity contribution in [1.29, 1.82) is 0 Å². The molecule has 0 aliphatic rings. The first kappa shape index (κ1) is 11.4. The average Bonchev–Trinajstić information content (AvgIpc) is 1.98. The normalized spacial score (nSPS) is 10.2. The SMILES string of the molecule is CC(=O)Nc1cc(C)nc(NC(C)C)n1. The van der Waals surface area contributed by atoms with Crippen LogP contribution in [0.2, 0.25) is 0 Å². The van der Waals surface area contributed by atoms with Gasteiger partial charge in [0, 0.05) is 24.7 Å². The maximum atomic E-state index is 10.9. The average molecular weight is 208 g/mol. The zero-order valence-electron chi connectivity index (χ0n) is 9.46. The molecule has 0 aliphatic carbocycles. The van der Waals surface area contributed by atoms with Gasteiger partial charge in [-0.1, -0.05) is 0 Å². The van der Waals surface area contributed by atoms with E-state index < -0.39 is 0 Å². The van der Waals surface area contributed by atoms with Crippen LogP contribution in [0.3, 0.4) is 0 Å². The van der Waals surface area contributed by atoms with Crippen LogP contribution >= 0.6 is 0 Å². The Labute approximate surface area is 89.3 Å². The summed E-state index contributed by atoms with van der Waals surface area (Å²) in [6.07, 6.45) is 0. The molecule has 0 radical (unpaired) electrons. The van der Waals surface area contributed by atoms with Crippen molar-refractivity contribution < 1.29 is 4.79 Å². The molecule has 0 bridgehead atoms. The molecule has 0 spiro atoms. The number of aromatic nitrogens is 2. The molecule has 0 aliphatic heterocycles. The summed E-state index contributed by atoms with van der Waals surface area (Å²) in [5.74, 6) is 0.926. The topological polar surface area (TPSA) is 66.9 Å². The highest BCUT2D eigenvalue weighted by atomic mass is 16.1. The molecule has 0 aromatic carbocycles. The second-order valence-corrected chi connectivity index (χ2v) is 3.70. The Morgan fingerprint density at radius 1 is 1.40 bits per heavy atom. The number of anilines is 2. The van der Waals surface area contributed by atoms with E-state index in [2.05, 4.69) is 20.6 Å². The Kier molecular flexibility index (Phi) is 3.60. The minimum absolute atomic E-state index is 0.136. The molecule has 1 aromatic rings. The zero-order chi connectivity index (χ0) is 11.4. The van der Waals surface area contributed by atoms with Crippen LogP contribution in [0.15, 0.2) is 6.07 Å². The van der Waals surface area contributed by atoms with E-state index in [-0.39, 0.29) is 11.9 Å². The molecule has 1 aromatic heterocycles. The van der Waals surface area contributed by atoms with E-state index in [0.29, 0.717) is 11.8 Å². The number of nitrogens with one attached hydrogen (secondary N) is 2. The molecule has 5 nitrogen and oxygen atoms in total. The lowest BCUT2D eigenvalue weighted by Gasteiger charge is -2.10. The molecule has 5 heteroatoms. The van der Waals surface area contributed by atoms with Crippen LogP contribution in [0.4, 0.5) is 11.8 Å². The second kappa shape index (κ2) is 4.72. The van der Waals surface area contributed by atoms with Gasteiger partial charge in [0.25, 0.3) is 0 Å². The van der Waals surface area contributed by atoms with Gasteiger partial charge >= 0.3 is 0 Å². The molecule has 0 saturated heterocycles. The van der Waals surface area contributed by atoms with E-state index in [1.165, 1.54) is 6.92 Å². The van der Waals surface area contributed by atoms with Crippen LogP contribution in [-0.4, -0.2) is 21.9 Å². The number of carbonyl (C=O) groups is 1. The summed E-state index contributed by atoms with van der Waals surface area (Å²) in [5.41, 5.74) is 0.817. The van der Waals surface area contributed by atoms with E-state index in [0.717, 1.165) is 5.69 Å². The smallest absolute Gasteiger partial charge is 0.225 e. The molecule has 0 saturated carbocycles. The molecule has 0 unspecified atom stereocenters. The molecular formula is C10H16N4O. The maximum Gasteiger partial charge on any atom is 0.225 e. The highest BCUT2D eigenvalue weighted by molar-refractivity contribution is 5.87. The van der Waals surface area contributed by atoms with Crippen molar-refractivity contribution in [1.82, 2.24) is 9.97 Å². The Morgan fingerprint density at radius 3 is 2.60 bits per heavy atom. The number of hydrogen-bond acceptors (Lipinski definition) is 4. The van der Waals surface area contributed by atoms with Crippen LogP contribution < -0.4 is 10.6 Å². The lowest BCUT2D eigenvalue weighted by Crippen LogP contribution is -2.15. The third-order valence-corrected chi connectivity index (χ3v) is 1.58. The summed E-state index contributed by atoms with van der Waals surface area (Å²) in [4.78, 5) is 19.2. The summed E-state index contributed by atoms with van der Waals surface area (Å²) < 4.78 is 0. The molecule has 82 valence electrons. The fourth-order valence-corrected chi connectivity index (χ4v) is 1.14. The number of nitrogens with zero attached hydrogens (tertiary/aromatic N) is 2. The molecule has 15 heavy (non-hydrogen) atoms. The second-order valence-electron chi connectivity index (χ2n) is 3.70. The lowest BCUT2D eigenvalue weighted by atomic mass is 10.4. The van der Waals surface area contributed by atoms with Gasteiger partial charge in [-0.25, -0.2) is 4.98 Å². The largest absolute Gasteiger partial charge is 0.352 e. The number of hydrogen-bond donors (Lipinski definition) is 2. The van der Waals surface area contributed by atoms with Crippen molar-refractivity contribution in [3.63, 3.8) is 0 Å². The molecule has 2 N–H and O–H groups in total. The predicted octanol–water partition coefficient (Wildman–Crippen LogP) is 1.56. The third-order valence-electron chi connectivity index (χ3n) is 1.58. The molecular weight excluding hydrogens is 192 g/mol. The number of rotatable bonds is 3. The third kappa shape index (κ3) is 3.93. The van der Waals surface area contributed by atoms with Gasteiger partial charge in [0.2, 0.25) is 11.9 Å². The van der Waals surface area contributed by atoms with Gasteiger partial charge in [0.05, 0.1) is 0 Å². The van der Waals surface area contributed by atoms with E-state index in [9.17, 15) is 4.79 Å². The highest BCUT2D eigenvalue weighted by Crippen LogP contribution is 2.10. The van der Waals surface area contributed by atoms with Crippen LogP contribution in [0.25, 0.3) is 0 Å². The summed E-state index contributed by atoms with van der Waals surface area (Å²) in [6, 6.07) is 1.99. The summed E-state index contributed by atoms with van der Waals surface area (Å²) >= 11 is 0. The van der Waals surface area contributed by atoms with Gasteiger partial charge in [-0.15, -0.1) is 0 Å². The van der Waals surface area contributed by atoms with E-state index in [1.807, 2.05) is 20.8 Å². The fourth-order valence-electron chi connectivity index (χ4n) is 1.14. The van der Waals surface area contributed by atoms with Crippen LogP contribution in [0.5, 0.6) is 0 Å². The molecule has 0 atom stereocenters. The Hall–Kier alpha value is -1.65. The minimum Gasteiger partial charge on any atom is -0.352 e. The number of carbonyl (C=O) groups excluding carboxylic acids is 1. The van der Waals surface area contributed by atoms with Crippen molar-refractivity contribution in [3.05, 3.63) is 11.8 Å². The van der Waals surface area contributed by atoms with E-state index in [1.54, 1.807) is 6.07 Å². The molecule has 1 heterocycles. The monoisotopic (exact) mass is 208 g/mol. The van der Waals surface area contributed by atoms with Crippen LogP contribution in [0, 0.1) is 6.92 Å². The van der Waals surface area contributed by atoms with Crippen molar-refractivity contribution in [2.75, 3.05) is 10.6 Å². The molecule has 0 fully saturated rings. The Balaban J connectivity index is 2.89. The number of amides is 1. The van der Waals surface area contributed by atoms with Gasteiger partial charge in [0.15, 0.2) is 0 Å². The van der Waals surface area contributed by atoms with Gasteiger partial charge in [-0.05, 0) is 20.8 Å². The zero-order valence-corrected chi connectivity index (χ0v) is 9.46. The van der Waals surface area contributed by atoms with Gasteiger partial charge in [0.1, 0.15) is 5.82 Å². The quantitative estimate of drug-likeness (QED) is 0.791. The van der Waals surface area contributed by atoms with E-state index in [4.69, 9.17) is 0 Å². The maximum absolute atomic E-state index is 10.9. The fraction of sp³-hybridized carbons (Fsp3) is 0.500. The molecule has 1 amide bonds. The Morgan fingerprint density at radius 2 is 2.07 bits per heavy atom. The first-order valence-electron chi connectivity index (χ1n) is 4.87. The van der Waals surface area contributed by atoms with Crippen LogP contribution in [0.1, 0.15) is 26.5 Å². The van der Waals surface area contributed by atoms with Crippen molar-refractivity contribution in [2.45, 2.75) is 33.7 Å². The van der Waals surface area contributed by atoms with Gasteiger partial charge in [-0.3, -0.25) is 4.79 Å². The lowest BCUT2D eigenvalue weighted by molar-refractivity contribution is -0.114. The number of aryl methyl sites for hydroxylation is 1. The highest BCUT2D eigenvalue weighted by Gasteiger charge is 2.04. The first-order valence-corrected chi connectivity index (χ1v) is 4.87. The standard InChI is InChI=1S/C10H16N4O/c1-6(2)11-10-12-7(3)5-9(14-10)13-8(4)15/h5-6H,1-4H3,(H2,11,12,13,14,15). The van der Waals surface area contributed by atoms with Crippen molar-refractivity contribution in [2.24, 2.45) is 0 Å². The summed E-state index contributed by atoms with van der Waals surface area (Å²) in [7, 11) is 0. The van der Waals surface area contributed by atoms with E-state index >= 15 is 0 Å². The summed E-state index contributed by atoms with van der Waals surface area (Å²) in [5, 5.41) is 5.71. The minimum atomic E-state index is -0.136. The van der Waals surface area contributed by atoms with Crippen LogP contribution in [-0.2, 0) is 4.79 Å². The predicted molar refractivity (Wildman–Crippen MR) is 59.8 cm³/mol. The summed E-state index contributed by atoms with van der Waals surface area (Å²) in [6.45, 7) is 7.32. The van der Waals surface area contributed by atoms with Crippen molar-refractivity contribution >= 4 is 17.7 Å². The Bertz CT molecular complexity index is 362. The van der Waals surface area contributed by atoms with Gasteiger partial charge in [-0.2, -0.15) is 4.98 Å².